The molecule has 0 aliphatic heterocycles. The van der Waals surface area contributed by atoms with Gasteiger partial charge in [-0.1, -0.05) is 0 Å². The Labute approximate surface area is 150 Å². The first-order valence-corrected chi connectivity index (χ1v) is 13.0. The van der Waals surface area contributed by atoms with Crippen LogP contribution in [0.3, 0.4) is 0 Å². The standard InChI is InChI=1S/C15H26O6P2Se/c1-5-18-22(16,19-6-2)15(23(17,20-7-3)21-8-4)24-14-12-10-9-11-13-14/h9-13,15H,5-8H2,1-4H3. The van der Waals surface area contributed by atoms with E-state index < -0.39 is 34.4 Å². The van der Waals surface area contributed by atoms with Crippen molar-refractivity contribution in [2.45, 2.75) is 32.0 Å². The fourth-order valence-corrected chi connectivity index (χ4v) is 12.1. The summed E-state index contributed by atoms with van der Waals surface area (Å²) in [6, 6.07) is 9.46. The minimum atomic E-state index is -3.66. The van der Waals surface area contributed by atoms with E-state index in [1.807, 2.05) is 30.3 Å². The third-order valence-electron chi connectivity index (χ3n) is 2.76. The molecule has 0 fully saturated rings. The first-order chi connectivity index (χ1) is 11.5. The van der Waals surface area contributed by atoms with Crippen LogP contribution < -0.4 is 4.46 Å². The number of benzene rings is 1. The Hall–Kier alpha value is 0.0395. The molecule has 1 aromatic carbocycles. The molecule has 0 aliphatic carbocycles. The Morgan fingerprint density at radius 1 is 0.792 bits per heavy atom. The fraction of sp³-hybridized carbons (Fsp3) is 0.600. The molecule has 0 heterocycles. The van der Waals surface area contributed by atoms with Gasteiger partial charge in [0.1, 0.15) is 0 Å². The van der Waals surface area contributed by atoms with Gasteiger partial charge in [-0.15, -0.1) is 0 Å². The van der Waals surface area contributed by atoms with Crippen molar-refractivity contribution in [2.24, 2.45) is 0 Å². The molecule has 0 spiro atoms. The molecule has 138 valence electrons. The van der Waals surface area contributed by atoms with Crippen molar-refractivity contribution in [1.29, 1.82) is 0 Å². The monoisotopic (exact) mass is 444 g/mol. The summed E-state index contributed by atoms with van der Waals surface area (Å²) in [5.74, 6) is 0. The average Bonchev–Trinajstić information content (AvgIpc) is 2.54. The van der Waals surface area contributed by atoms with E-state index in [4.69, 9.17) is 18.1 Å². The van der Waals surface area contributed by atoms with Crippen LogP contribution in [0.2, 0.25) is 0 Å². The van der Waals surface area contributed by atoms with Gasteiger partial charge < -0.3 is 0 Å². The first-order valence-electron chi connectivity index (χ1n) is 7.95. The van der Waals surface area contributed by atoms with Gasteiger partial charge in [0.25, 0.3) is 0 Å². The predicted octanol–water partition coefficient (Wildman–Crippen LogP) is 3.83. The Morgan fingerprint density at radius 3 is 1.50 bits per heavy atom. The van der Waals surface area contributed by atoms with E-state index >= 15 is 0 Å². The van der Waals surface area contributed by atoms with Gasteiger partial charge in [-0.2, -0.15) is 0 Å². The molecule has 0 atom stereocenters. The van der Waals surface area contributed by atoms with Crippen LogP contribution >= 0.6 is 15.2 Å². The van der Waals surface area contributed by atoms with Crippen molar-refractivity contribution in [1.82, 2.24) is 0 Å². The molecular formula is C15H26O6P2Se. The fourth-order valence-electron chi connectivity index (χ4n) is 1.97. The third-order valence-corrected chi connectivity index (χ3v) is 13.9. The summed E-state index contributed by atoms with van der Waals surface area (Å²) in [5, 5.41) is 0. The van der Waals surface area contributed by atoms with E-state index in [2.05, 4.69) is 0 Å². The molecule has 0 unspecified atom stereocenters. The molecule has 0 N–H and O–H groups in total. The van der Waals surface area contributed by atoms with E-state index in [0.717, 1.165) is 4.46 Å². The van der Waals surface area contributed by atoms with Crippen molar-refractivity contribution < 1.29 is 27.2 Å². The van der Waals surface area contributed by atoms with Gasteiger partial charge in [0.15, 0.2) is 0 Å². The molecule has 24 heavy (non-hydrogen) atoms. The zero-order chi connectivity index (χ0) is 18.1. The number of rotatable bonds is 12. The van der Waals surface area contributed by atoms with Crippen molar-refractivity contribution in [3.63, 3.8) is 0 Å². The average molecular weight is 443 g/mol. The molecule has 6 nitrogen and oxygen atoms in total. The minimum absolute atomic E-state index is 0.191. The molecule has 0 saturated heterocycles. The summed E-state index contributed by atoms with van der Waals surface area (Å²) >= 11 is -0.471. The number of hydrogen-bond acceptors (Lipinski definition) is 6. The van der Waals surface area contributed by atoms with Crippen molar-refractivity contribution >= 4 is 34.6 Å². The maximum atomic E-state index is 13.4. The first kappa shape index (κ1) is 22.1. The van der Waals surface area contributed by atoms with Gasteiger partial charge in [0.05, 0.1) is 0 Å². The van der Waals surface area contributed by atoms with Crippen molar-refractivity contribution in [3.05, 3.63) is 30.3 Å². The van der Waals surface area contributed by atoms with Gasteiger partial charge in [-0.3, -0.25) is 0 Å². The normalized spacial score (nSPS) is 12.7. The maximum absolute atomic E-state index is 13.4. The van der Waals surface area contributed by atoms with Crippen LogP contribution in [0.25, 0.3) is 0 Å². The van der Waals surface area contributed by atoms with Gasteiger partial charge >= 0.3 is 151 Å². The van der Waals surface area contributed by atoms with Crippen LogP contribution in [0.1, 0.15) is 27.7 Å². The van der Waals surface area contributed by atoms with Crippen LogP contribution in [0.5, 0.6) is 0 Å². The quantitative estimate of drug-likeness (QED) is 0.361. The predicted molar refractivity (Wildman–Crippen MR) is 97.3 cm³/mol. The van der Waals surface area contributed by atoms with Gasteiger partial charge in [-0.05, 0) is 0 Å². The molecule has 0 bridgehead atoms. The second kappa shape index (κ2) is 10.9. The van der Waals surface area contributed by atoms with E-state index in [1.54, 1.807) is 27.7 Å². The van der Waals surface area contributed by atoms with Crippen LogP contribution in [0.4, 0.5) is 0 Å². The van der Waals surface area contributed by atoms with E-state index in [0.29, 0.717) is 0 Å². The van der Waals surface area contributed by atoms with E-state index in [-0.39, 0.29) is 26.4 Å². The molecule has 9 heteroatoms. The summed E-state index contributed by atoms with van der Waals surface area (Å²) in [6.45, 7) is 7.67. The molecular weight excluding hydrogens is 417 g/mol. The molecule has 1 rings (SSSR count). The molecule has 1 aromatic rings. The Bertz CT molecular complexity index is 518. The van der Waals surface area contributed by atoms with Gasteiger partial charge in [0, 0.05) is 0 Å². The van der Waals surface area contributed by atoms with Crippen molar-refractivity contribution in [2.75, 3.05) is 26.4 Å². The Balaban J connectivity index is 3.32. The van der Waals surface area contributed by atoms with Crippen LogP contribution in [-0.4, -0.2) is 45.7 Å². The summed E-state index contributed by atoms with van der Waals surface area (Å²) in [4.78, 5) is 0. The van der Waals surface area contributed by atoms with Gasteiger partial charge in [-0.25, -0.2) is 0 Å². The number of hydrogen-bond donors (Lipinski definition) is 0. The van der Waals surface area contributed by atoms with Crippen molar-refractivity contribution in [3.8, 4) is 0 Å². The van der Waals surface area contributed by atoms with Crippen LogP contribution in [0.15, 0.2) is 30.3 Å². The van der Waals surface area contributed by atoms with Gasteiger partial charge in [0.2, 0.25) is 0 Å². The van der Waals surface area contributed by atoms with Crippen LogP contribution in [0, 0.1) is 0 Å². The summed E-state index contributed by atoms with van der Waals surface area (Å²) in [7, 11) is -7.32. The Kier molecular flexibility index (Phi) is 10.0. The SMILES string of the molecule is CCOP(=O)(OCC)C([Se]c1ccccc1)P(=O)(OCC)OCC. The molecule has 0 radical (unpaired) electrons. The second-order valence-electron chi connectivity index (χ2n) is 4.51. The molecule has 0 aliphatic rings. The Morgan fingerprint density at radius 2 is 1.17 bits per heavy atom. The zero-order valence-electron chi connectivity index (χ0n) is 14.5. The molecule has 0 aromatic heterocycles. The molecule has 0 saturated carbocycles. The van der Waals surface area contributed by atoms with E-state index in [1.165, 1.54) is 0 Å². The summed E-state index contributed by atoms with van der Waals surface area (Å²) in [5.41, 5.74) is 0. The zero-order valence-corrected chi connectivity index (χ0v) is 18.0. The van der Waals surface area contributed by atoms with E-state index in [9.17, 15) is 9.13 Å². The molecule has 0 amide bonds. The topological polar surface area (TPSA) is 71.1 Å². The summed E-state index contributed by atoms with van der Waals surface area (Å²) < 4.78 is 48.5. The second-order valence-corrected chi connectivity index (χ2v) is 13.2. The summed E-state index contributed by atoms with van der Waals surface area (Å²) in [6.07, 6.45) is 0. The third kappa shape index (κ3) is 6.09. The van der Waals surface area contributed by atoms with Crippen LogP contribution in [-0.2, 0) is 27.2 Å².